The highest BCUT2D eigenvalue weighted by molar-refractivity contribution is 6.30. The zero-order valence-electron chi connectivity index (χ0n) is 10.6. The fourth-order valence-corrected chi connectivity index (χ4v) is 2.44. The minimum Gasteiger partial charge on any atom is -0.349 e. The first-order valence-corrected chi connectivity index (χ1v) is 6.72. The third kappa shape index (κ3) is 2.52. The van der Waals surface area contributed by atoms with Crippen LogP contribution in [0.1, 0.15) is 37.8 Å². The summed E-state index contributed by atoms with van der Waals surface area (Å²) >= 11 is 5.84. The molecule has 0 bridgehead atoms. The van der Waals surface area contributed by atoms with E-state index in [0.717, 1.165) is 24.8 Å². The van der Waals surface area contributed by atoms with Crippen molar-refractivity contribution in [3.8, 4) is 0 Å². The Bertz CT molecular complexity index is 420. The quantitative estimate of drug-likeness (QED) is 0.880. The average Bonchev–Trinajstić information content (AvgIpc) is 2.29. The molecule has 0 radical (unpaired) electrons. The van der Waals surface area contributed by atoms with Crippen LogP contribution in [-0.4, -0.2) is 12.5 Å². The summed E-state index contributed by atoms with van der Waals surface area (Å²) in [7, 11) is 0. The van der Waals surface area contributed by atoms with E-state index in [1.807, 2.05) is 31.2 Å². The highest BCUT2D eigenvalue weighted by Gasteiger charge is 2.43. The van der Waals surface area contributed by atoms with Crippen LogP contribution in [0.2, 0.25) is 5.02 Å². The minimum atomic E-state index is -0.319. The van der Waals surface area contributed by atoms with E-state index in [9.17, 15) is 4.79 Å². The second-order valence-corrected chi connectivity index (χ2v) is 5.52. The maximum absolute atomic E-state index is 12.2. The van der Waals surface area contributed by atoms with Crippen LogP contribution in [-0.2, 0) is 4.79 Å². The maximum atomic E-state index is 12.2. The molecule has 2 rings (SSSR count). The van der Waals surface area contributed by atoms with E-state index >= 15 is 0 Å². The lowest BCUT2D eigenvalue weighted by Gasteiger charge is -2.39. The lowest BCUT2D eigenvalue weighted by molar-refractivity contribution is -0.135. The molecular weight excluding hydrogens is 248 g/mol. The molecule has 0 saturated heterocycles. The fraction of sp³-hybridized carbons (Fsp3) is 0.500. The van der Waals surface area contributed by atoms with Crippen LogP contribution in [0.4, 0.5) is 0 Å². The number of carbonyl (C=O) groups is 1. The van der Waals surface area contributed by atoms with Gasteiger partial charge in [0.1, 0.15) is 0 Å². The Morgan fingerprint density at radius 2 is 2.06 bits per heavy atom. The first-order valence-electron chi connectivity index (χ1n) is 6.34. The van der Waals surface area contributed by atoms with Crippen molar-refractivity contribution in [1.29, 1.82) is 0 Å². The topological polar surface area (TPSA) is 55.1 Å². The van der Waals surface area contributed by atoms with Crippen molar-refractivity contribution in [3.05, 3.63) is 34.9 Å². The van der Waals surface area contributed by atoms with E-state index in [1.165, 1.54) is 0 Å². The molecule has 0 aromatic heterocycles. The first kappa shape index (κ1) is 13.4. The number of benzene rings is 1. The van der Waals surface area contributed by atoms with E-state index in [-0.39, 0.29) is 17.4 Å². The van der Waals surface area contributed by atoms with Crippen LogP contribution >= 0.6 is 11.6 Å². The lowest BCUT2D eigenvalue weighted by Crippen LogP contribution is -2.50. The van der Waals surface area contributed by atoms with Gasteiger partial charge in [-0.05, 0) is 37.5 Å². The molecule has 0 unspecified atom stereocenters. The smallest absolute Gasteiger partial charge is 0.227 e. The van der Waals surface area contributed by atoms with Gasteiger partial charge in [0.15, 0.2) is 0 Å². The molecule has 1 saturated carbocycles. The Labute approximate surface area is 113 Å². The van der Waals surface area contributed by atoms with Crippen molar-refractivity contribution in [3.63, 3.8) is 0 Å². The zero-order valence-corrected chi connectivity index (χ0v) is 11.3. The molecule has 3 N–H and O–H groups in total. The van der Waals surface area contributed by atoms with Gasteiger partial charge in [0, 0.05) is 11.6 Å². The van der Waals surface area contributed by atoms with Crippen LogP contribution in [0.5, 0.6) is 0 Å². The van der Waals surface area contributed by atoms with Crippen molar-refractivity contribution in [2.75, 3.05) is 6.54 Å². The van der Waals surface area contributed by atoms with Crippen LogP contribution in [0, 0.1) is 5.41 Å². The molecule has 1 fully saturated rings. The highest BCUT2D eigenvalue weighted by atomic mass is 35.5. The van der Waals surface area contributed by atoms with Gasteiger partial charge >= 0.3 is 0 Å². The number of carbonyl (C=O) groups excluding carboxylic acids is 1. The van der Waals surface area contributed by atoms with Crippen LogP contribution in [0.15, 0.2) is 24.3 Å². The van der Waals surface area contributed by atoms with E-state index in [1.54, 1.807) is 0 Å². The van der Waals surface area contributed by atoms with Gasteiger partial charge in [-0.25, -0.2) is 0 Å². The maximum Gasteiger partial charge on any atom is 0.227 e. The van der Waals surface area contributed by atoms with Crippen LogP contribution in [0.3, 0.4) is 0 Å². The SMILES string of the molecule is C[C@@H](NC(=O)C1(CN)CCC1)c1ccc(Cl)cc1. The summed E-state index contributed by atoms with van der Waals surface area (Å²) < 4.78 is 0. The number of hydrogen-bond acceptors (Lipinski definition) is 2. The predicted octanol–water partition coefficient (Wildman–Crippen LogP) is 2.65. The number of nitrogens with two attached hydrogens (primary N) is 1. The summed E-state index contributed by atoms with van der Waals surface area (Å²) in [6.07, 6.45) is 2.91. The van der Waals surface area contributed by atoms with Gasteiger partial charge in [-0.15, -0.1) is 0 Å². The number of hydrogen-bond donors (Lipinski definition) is 2. The summed E-state index contributed by atoms with van der Waals surface area (Å²) in [5, 5.41) is 3.75. The Morgan fingerprint density at radius 3 is 2.50 bits per heavy atom. The molecule has 3 nitrogen and oxygen atoms in total. The van der Waals surface area contributed by atoms with Gasteiger partial charge in [0.05, 0.1) is 11.5 Å². The predicted molar refractivity (Wildman–Crippen MR) is 73.3 cm³/mol. The molecule has 18 heavy (non-hydrogen) atoms. The lowest BCUT2D eigenvalue weighted by atomic mass is 9.68. The molecule has 4 heteroatoms. The van der Waals surface area contributed by atoms with Crippen molar-refractivity contribution in [2.24, 2.45) is 11.1 Å². The van der Waals surface area contributed by atoms with Gasteiger partial charge in [0.25, 0.3) is 0 Å². The molecule has 1 aliphatic rings. The largest absolute Gasteiger partial charge is 0.349 e. The van der Waals surface area contributed by atoms with Crippen molar-refractivity contribution in [1.82, 2.24) is 5.32 Å². The zero-order chi connectivity index (χ0) is 13.2. The summed E-state index contributed by atoms with van der Waals surface area (Å²) in [5.74, 6) is 0.0821. The molecule has 1 aromatic rings. The molecule has 1 aromatic carbocycles. The number of rotatable bonds is 4. The molecule has 1 amide bonds. The van der Waals surface area contributed by atoms with Crippen molar-refractivity contribution < 1.29 is 4.79 Å². The van der Waals surface area contributed by atoms with E-state index in [0.29, 0.717) is 11.6 Å². The molecule has 1 aliphatic carbocycles. The molecule has 98 valence electrons. The van der Waals surface area contributed by atoms with Gasteiger partial charge in [-0.2, -0.15) is 0 Å². The molecular formula is C14H19ClN2O. The van der Waals surface area contributed by atoms with Crippen molar-refractivity contribution >= 4 is 17.5 Å². The third-order valence-corrected chi connectivity index (χ3v) is 4.15. The van der Waals surface area contributed by atoms with E-state index < -0.39 is 0 Å². The summed E-state index contributed by atoms with van der Waals surface area (Å²) in [4.78, 5) is 12.2. The number of nitrogens with one attached hydrogen (secondary N) is 1. The summed E-state index contributed by atoms with van der Waals surface area (Å²) in [6.45, 7) is 2.41. The van der Waals surface area contributed by atoms with Gasteiger partial charge in [-0.1, -0.05) is 30.2 Å². The van der Waals surface area contributed by atoms with Crippen molar-refractivity contribution in [2.45, 2.75) is 32.2 Å². The minimum absolute atomic E-state index is 0.0150. The molecule has 0 spiro atoms. The molecule has 0 heterocycles. The molecule has 0 aliphatic heterocycles. The number of amides is 1. The highest BCUT2D eigenvalue weighted by Crippen LogP contribution is 2.40. The summed E-state index contributed by atoms with van der Waals surface area (Å²) in [5.41, 5.74) is 6.46. The Morgan fingerprint density at radius 1 is 1.44 bits per heavy atom. The summed E-state index contributed by atoms with van der Waals surface area (Å²) in [6, 6.07) is 7.52. The van der Waals surface area contributed by atoms with E-state index in [4.69, 9.17) is 17.3 Å². The third-order valence-electron chi connectivity index (χ3n) is 3.90. The first-order chi connectivity index (χ1) is 8.57. The second-order valence-electron chi connectivity index (χ2n) is 5.08. The van der Waals surface area contributed by atoms with Gasteiger partial charge < -0.3 is 11.1 Å². The van der Waals surface area contributed by atoms with Gasteiger partial charge in [0.2, 0.25) is 5.91 Å². The average molecular weight is 267 g/mol. The Hall–Kier alpha value is -1.06. The van der Waals surface area contributed by atoms with Crippen LogP contribution < -0.4 is 11.1 Å². The Kier molecular flexibility index (Phi) is 3.93. The number of halogens is 1. The Balaban J connectivity index is 2.01. The monoisotopic (exact) mass is 266 g/mol. The van der Waals surface area contributed by atoms with Crippen LogP contribution in [0.25, 0.3) is 0 Å². The fourth-order valence-electron chi connectivity index (χ4n) is 2.31. The normalized spacial score (nSPS) is 18.8. The standard InChI is InChI=1S/C14H19ClN2O/c1-10(11-3-5-12(15)6-4-11)17-13(18)14(9-16)7-2-8-14/h3-6,10H,2,7-9,16H2,1H3,(H,17,18)/t10-/m1/s1. The van der Waals surface area contributed by atoms with E-state index in [2.05, 4.69) is 5.32 Å². The second kappa shape index (κ2) is 5.29. The molecule has 1 atom stereocenters. The van der Waals surface area contributed by atoms with Gasteiger partial charge in [-0.3, -0.25) is 4.79 Å².